The molecule has 2 rings (SSSR count). The highest BCUT2D eigenvalue weighted by Crippen LogP contribution is 2.10. The van der Waals surface area contributed by atoms with Crippen LogP contribution in [-0.4, -0.2) is 26.1 Å². The van der Waals surface area contributed by atoms with Crippen molar-refractivity contribution in [2.75, 3.05) is 5.32 Å². The van der Waals surface area contributed by atoms with E-state index < -0.39 is 0 Å². The molecule has 2 aromatic rings. The Morgan fingerprint density at radius 3 is 2.86 bits per heavy atom. The lowest BCUT2D eigenvalue weighted by Crippen LogP contribution is -2.10. The zero-order valence-corrected chi connectivity index (χ0v) is 12.4. The van der Waals surface area contributed by atoms with Crippen LogP contribution in [0.25, 0.3) is 6.08 Å². The fourth-order valence-electron chi connectivity index (χ4n) is 1.59. The highest BCUT2D eigenvalue weighted by Gasteiger charge is 2.04. The molecule has 0 bridgehead atoms. The van der Waals surface area contributed by atoms with Crippen molar-refractivity contribution in [1.82, 2.24) is 20.2 Å². The lowest BCUT2D eigenvalue weighted by Gasteiger charge is -1.96. The van der Waals surface area contributed by atoms with Crippen molar-refractivity contribution in [2.24, 2.45) is 0 Å². The van der Waals surface area contributed by atoms with E-state index in [0.29, 0.717) is 11.6 Å². The maximum Gasteiger partial charge on any atom is 0.270 e. The Kier molecular flexibility index (Phi) is 5.45. The van der Waals surface area contributed by atoms with Gasteiger partial charge in [-0.1, -0.05) is 42.2 Å². The molecule has 0 saturated carbocycles. The van der Waals surface area contributed by atoms with Crippen molar-refractivity contribution < 1.29 is 4.79 Å². The van der Waals surface area contributed by atoms with Crippen molar-refractivity contribution in [2.45, 2.75) is 26.3 Å². The molecule has 1 aromatic heterocycles. The van der Waals surface area contributed by atoms with Crippen molar-refractivity contribution in [3.63, 3.8) is 0 Å². The van der Waals surface area contributed by atoms with Gasteiger partial charge >= 0.3 is 0 Å². The van der Waals surface area contributed by atoms with E-state index in [1.807, 2.05) is 12.1 Å². The number of carbonyl (C=O) groups is 1. The number of tetrazole rings is 1. The zero-order chi connectivity index (χ0) is 15.1. The molecule has 0 aliphatic rings. The molecule has 0 spiro atoms. The first-order valence-electron chi connectivity index (χ1n) is 6.70. The monoisotopic (exact) mass is 305 g/mol. The van der Waals surface area contributed by atoms with Gasteiger partial charge in [-0.15, -0.1) is 5.10 Å². The van der Waals surface area contributed by atoms with E-state index in [2.05, 4.69) is 27.7 Å². The van der Waals surface area contributed by atoms with Gasteiger partial charge in [0.25, 0.3) is 11.9 Å². The number of anilines is 1. The summed E-state index contributed by atoms with van der Waals surface area (Å²) in [5, 5.41) is 14.9. The number of unbranched alkanes of at least 4 members (excludes halogenated alkanes) is 1. The smallest absolute Gasteiger partial charge is 0.270 e. The first kappa shape index (κ1) is 15.2. The second kappa shape index (κ2) is 7.54. The molecule has 6 nitrogen and oxygen atoms in total. The third-order valence-electron chi connectivity index (χ3n) is 2.70. The van der Waals surface area contributed by atoms with Gasteiger partial charge in [0.15, 0.2) is 0 Å². The maximum absolute atomic E-state index is 11.7. The van der Waals surface area contributed by atoms with Crippen LogP contribution in [0.4, 0.5) is 5.95 Å². The molecule has 0 atom stereocenters. The van der Waals surface area contributed by atoms with Crippen LogP contribution in [0.2, 0.25) is 5.02 Å². The fourth-order valence-corrected chi connectivity index (χ4v) is 1.71. The SMILES string of the molecule is CCCCn1nnc(NC(=O)C=Cc2ccc(Cl)cc2)n1. The summed E-state index contributed by atoms with van der Waals surface area (Å²) in [6.07, 6.45) is 5.12. The molecule has 7 heteroatoms. The van der Waals surface area contributed by atoms with Crippen LogP contribution in [0, 0.1) is 0 Å². The summed E-state index contributed by atoms with van der Waals surface area (Å²) in [5.74, 6) is -0.100. The number of aryl methyl sites for hydroxylation is 1. The Hall–Kier alpha value is -2.21. The topological polar surface area (TPSA) is 72.7 Å². The number of halogens is 1. The number of carbonyl (C=O) groups excluding carboxylic acids is 1. The van der Waals surface area contributed by atoms with Crippen molar-refractivity contribution in [3.8, 4) is 0 Å². The number of hydrogen-bond acceptors (Lipinski definition) is 4. The van der Waals surface area contributed by atoms with E-state index in [4.69, 9.17) is 11.6 Å². The molecule has 0 saturated heterocycles. The molecule has 0 radical (unpaired) electrons. The Morgan fingerprint density at radius 2 is 2.14 bits per heavy atom. The predicted octanol–water partition coefficient (Wildman–Crippen LogP) is 2.78. The second-order valence-electron chi connectivity index (χ2n) is 4.44. The Balaban J connectivity index is 1.89. The van der Waals surface area contributed by atoms with Crippen molar-refractivity contribution in [1.29, 1.82) is 0 Å². The third kappa shape index (κ3) is 5.00. The van der Waals surface area contributed by atoms with Gasteiger partial charge in [0.2, 0.25) is 0 Å². The number of rotatable bonds is 6. The first-order valence-corrected chi connectivity index (χ1v) is 7.07. The van der Waals surface area contributed by atoms with Gasteiger partial charge in [-0.25, -0.2) is 0 Å². The Bertz CT molecular complexity index is 621. The van der Waals surface area contributed by atoms with E-state index in [-0.39, 0.29) is 11.9 Å². The molecule has 0 unspecified atom stereocenters. The normalized spacial score (nSPS) is 11.0. The van der Waals surface area contributed by atoms with Gasteiger partial charge in [-0.05, 0) is 35.4 Å². The summed E-state index contributed by atoms with van der Waals surface area (Å²) in [6.45, 7) is 2.78. The van der Waals surface area contributed by atoms with Gasteiger partial charge < -0.3 is 0 Å². The molecule has 1 aromatic carbocycles. The second-order valence-corrected chi connectivity index (χ2v) is 4.87. The highest BCUT2D eigenvalue weighted by molar-refractivity contribution is 6.30. The van der Waals surface area contributed by atoms with E-state index in [9.17, 15) is 4.79 Å². The number of hydrogen-bond donors (Lipinski definition) is 1. The van der Waals surface area contributed by atoms with Crippen LogP contribution in [0.5, 0.6) is 0 Å². The number of amides is 1. The average Bonchev–Trinajstić information content (AvgIpc) is 2.92. The highest BCUT2D eigenvalue weighted by atomic mass is 35.5. The molecule has 21 heavy (non-hydrogen) atoms. The molecular weight excluding hydrogens is 290 g/mol. The van der Waals surface area contributed by atoms with Crippen LogP contribution in [0.15, 0.2) is 30.3 Å². The number of nitrogens with one attached hydrogen (secondary N) is 1. The summed E-state index contributed by atoms with van der Waals surface area (Å²) < 4.78 is 0. The largest absolute Gasteiger partial charge is 0.288 e. The quantitative estimate of drug-likeness (QED) is 0.833. The number of benzene rings is 1. The van der Waals surface area contributed by atoms with Gasteiger partial charge in [-0.2, -0.15) is 4.80 Å². The number of nitrogens with zero attached hydrogens (tertiary/aromatic N) is 4. The predicted molar refractivity (Wildman–Crippen MR) is 81.8 cm³/mol. The molecule has 1 N–H and O–H groups in total. The molecule has 0 aliphatic carbocycles. The molecule has 0 aliphatic heterocycles. The molecule has 1 amide bonds. The first-order chi connectivity index (χ1) is 10.2. The van der Waals surface area contributed by atoms with E-state index in [1.54, 1.807) is 18.2 Å². The lowest BCUT2D eigenvalue weighted by atomic mass is 10.2. The summed E-state index contributed by atoms with van der Waals surface area (Å²) >= 11 is 5.79. The van der Waals surface area contributed by atoms with Gasteiger partial charge in [0, 0.05) is 11.1 Å². The maximum atomic E-state index is 11.7. The summed E-state index contributed by atoms with van der Waals surface area (Å²) in [5.41, 5.74) is 0.883. The van der Waals surface area contributed by atoms with Crippen LogP contribution >= 0.6 is 11.6 Å². The van der Waals surface area contributed by atoms with E-state index in [0.717, 1.165) is 18.4 Å². The van der Waals surface area contributed by atoms with Crippen molar-refractivity contribution >= 4 is 29.5 Å². The minimum absolute atomic E-state index is 0.205. The van der Waals surface area contributed by atoms with E-state index in [1.165, 1.54) is 10.9 Å². The van der Waals surface area contributed by atoms with Crippen LogP contribution in [-0.2, 0) is 11.3 Å². The lowest BCUT2D eigenvalue weighted by molar-refractivity contribution is -0.111. The van der Waals surface area contributed by atoms with E-state index >= 15 is 0 Å². The molecule has 110 valence electrons. The third-order valence-corrected chi connectivity index (χ3v) is 2.95. The van der Waals surface area contributed by atoms with Gasteiger partial charge in [0.1, 0.15) is 0 Å². The molecule has 0 fully saturated rings. The minimum atomic E-state index is -0.306. The van der Waals surface area contributed by atoms with Crippen LogP contribution < -0.4 is 5.32 Å². The minimum Gasteiger partial charge on any atom is -0.288 e. The summed E-state index contributed by atoms with van der Waals surface area (Å²) in [6, 6.07) is 7.18. The van der Waals surface area contributed by atoms with Crippen LogP contribution in [0.1, 0.15) is 25.3 Å². The zero-order valence-electron chi connectivity index (χ0n) is 11.7. The van der Waals surface area contributed by atoms with Crippen LogP contribution in [0.3, 0.4) is 0 Å². The standard InChI is InChI=1S/C14H16ClN5O/c1-2-3-10-20-18-14(17-19-20)16-13(21)9-6-11-4-7-12(15)8-5-11/h4-9H,2-3,10H2,1H3,(H,16,18,21). The summed E-state index contributed by atoms with van der Waals surface area (Å²) in [7, 11) is 0. The van der Waals surface area contributed by atoms with Gasteiger partial charge in [0.05, 0.1) is 6.54 Å². The molecule has 1 heterocycles. The fraction of sp³-hybridized carbons (Fsp3) is 0.286. The summed E-state index contributed by atoms with van der Waals surface area (Å²) in [4.78, 5) is 13.2. The van der Waals surface area contributed by atoms with Gasteiger partial charge in [-0.3, -0.25) is 10.1 Å². The number of aromatic nitrogens is 4. The Morgan fingerprint density at radius 1 is 1.38 bits per heavy atom. The molecular formula is C14H16ClN5O. The average molecular weight is 306 g/mol. The van der Waals surface area contributed by atoms with Crippen molar-refractivity contribution in [3.05, 3.63) is 40.9 Å². The Labute approximate surface area is 127 Å².